The van der Waals surface area contributed by atoms with Gasteiger partial charge in [-0.05, 0) is 0 Å². The van der Waals surface area contributed by atoms with Crippen molar-refractivity contribution in [1.29, 1.82) is 0 Å². The van der Waals surface area contributed by atoms with E-state index < -0.39 is 58.8 Å². The van der Waals surface area contributed by atoms with E-state index in [1.165, 1.54) is 0 Å². The molecule has 0 aliphatic heterocycles. The topological polar surface area (TPSA) is 0 Å². The van der Waals surface area contributed by atoms with Crippen LogP contribution in [0, 0.1) is 29.1 Å². The monoisotopic (exact) mass is 368 g/mol. The standard InChI is InChI=1S/C10HF13/c11-2-1(3(12)5(14)6(15)4(2)13)8(18,19)10(22,23)9(20,21)7(16)17/h7H. The molecule has 1 aromatic carbocycles. The molecule has 0 N–H and O–H groups in total. The van der Waals surface area contributed by atoms with E-state index in [4.69, 9.17) is 0 Å². The third kappa shape index (κ3) is 2.49. The van der Waals surface area contributed by atoms with Crippen molar-refractivity contribution in [3.8, 4) is 0 Å². The average molecular weight is 368 g/mol. The molecule has 0 aromatic heterocycles. The predicted molar refractivity (Wildman–Crippen MR) is 46.0 cm³/mol. The summed E-state index contributed by atoms with van der Waals surface area (Å²) >= 11 is 0. The van der Waals surface area contributed by atoms with E-state index in [1.807, 2.05) is 0 Å². The average Bonchev–Trinajstić information content (AvgIpc) is 2.42. The Bertz CT molecular complexity index is 589. The molecule has 0 bridgehead atoms. The van der Waals surface area contributed by atoms with Crippen molar-refractivity contribution in [2.24, 2.45) is 0 Å². The molecule has 0 amide bonds. The maximum absolute atomic E-state index is 13.3. The molecule has 0 saturated carbocycles. The van der Waals surface area contributed by atoms with Gasteiger partial charge >= 0.3 is 24.2 Å². The molecule has 23 heavy (non-hydrogen) atoms. The SMILES string of the molecule is Fc1c(F)c(F)c(C(F)(F)C(F)(F)C(F)(F)C(F)F)c(F)c1F. The van der Waals surface area contributed by atoms with Gasteiger partial charge in [0.2, 0.25) is 5.82 Å². The van der Waals surface area contributed by atoms with E-state index in [0.717, 1.165) is 0 Å². The first-order valence-electron chi connectivity index (χ1n) is 5.05. The van der Waals surface area contributed by atoms with Gasteiger partial charge in [-0.15, -0.1) is 0 Å². The normalized spacial score (nSPS) is 13.8. The molecular weight excluding hydrogens is 367 g/mol. The van der Waals surface area contributed by atoms with Gasteiger partial charge in [-0.2, -0.15) is 26.3 Å². The Hall–Kier alpha value is -1.69. The first-order chi connectivity index (χ1) is 10.1. The zero-order valence-corrected chi connectivity index (χ0v) is 9.99. The van der Waals surface area contributed by atoms with Crippen molar-refractivity contribution in [1.82, 2.24) is 0 Å². The fourth-order valence-corrected chi connectivity index (χ4v) is 1.38. The van der Waals surface area contributed by atoms with E-state index >= 15 is 0 Å². The van der Waals surface area contributed by atoms with Crippen LogP contribution >= 0.6 is 0 Å². The van der Waals surface area contributed by atoms with Gasteiger partial charge in [0, 0.05) is 0 Å². The van der Waals surface area contributed by atoms with Crippen LogP contribution < -0.4 is 0 Å². The molecule has 0 spiro atoms. The minimum atomic E-state index is -7.17. The van der Waals surface area contributed by atoms with Crippen LogP contribution in [0.5, 0.6) is 0 Å². The summed E-state index contributed by atoms with van der Waals surface area (Å²) in [6.45, 7) is 0. The van der Waals surface area contributed by atoms with E-state index in [9.17, 15) is 57.1 Å². The van der Waals surface area contributed by atoms with E-state index in [-0.39, 0.29) is 0 Å². The Labute approximate surface area is 117 Å². The van der Waals surface area contributed by atoms with Crippen LogP contribution in [0.2, 0.25) is 0 Å². The van der Waals surface area contributed by atoms with E-state index in [0.29, 0.717) is 0 Å². The maximum Gasteiger partial charge on any atom is 0.382 e. The number of benzene rings is 1. The summed E-state index contributed by atoms with van der Waals surface area (Å²) in [6.07, 6.45) is -5.43. The van der Waals surface area contributed by atoms with Crippen LogP contribution in [-0.4, -0.2) is 18.3 Å². The Balaban J connectivity index is 3.76. The summed E-state index contributed by atoms with van der Waals surface area (Å²) < 4.78 is 165. The lowest BCUT2D eigenvalue weighted by molar-refractivity contribution is -0.344. The van der Waals surface area contributed by atoms with Crippen molar-refractivity contribution < 1.29 is 57.1 Å². The second-order valence-electron chi connectivity index (χ2n) is 4.02. The van der Waals surface area contributed by atoms with Gasteiger partial charge in [0.1, 0.15) is 5.56 Å². The van der Waals surface area contributed by atoms with Crippen molar-refractivity contribution in [3.63, 3.8) is 0 Å². The molecule has 0 nitrogen and oxygen atoms in total. The van der Waals surface area contributed by atoms with Gasteiger partial charge in [0.15, 0.2) is 23.3 Å². The molecule has 0 radical (unpaired) electrons. The van der Waals surface area contributed by atoms with Crippen molar-refractivity contribution in [3.05, 3.63) is 34.6 Å². The fraction of sp³-hybridized carbons (Fsp3) is 0.400. The first kappa shape index (κ1) is 19.4. The molecule has 0 heterocycles. The molecule has 0 saturated heterocycles. The summed E-state index contributed by atoms with van der Waals surface area (Å²) in [5.74, 6) is -37.3. The summed E-state index contributed by atoms with van der Waals surface area (Å²) in [5, 5.41) is 0. The molecule has 0 aliphatic carbocycles. The molecule has 13 heteroatoms. The lowest BCUT2D eigenvalue weighted by atomic mass is 9.95. The molecule has 132 valence electrons. The van der Waals surface area contributed by atoms with Crippen LogP contribution in [0.25, 0.3) is 0 Å². The number of hydrogen-bond acceptors (Lipinski definition) is 0. The van der Waals surface area contributed by atoms with Crippen LogP contribution in [-0.2, 0) is 5.92 Å². The van der Waals surface area contributed by atoms with Crippen LogP contribution in [0.3, 0.4) is 0 Å². The Morgan fingerprint density at radius 1 is 0.565 bits per heavy atom. The second-order valence-corrected chi connectivity index (χ2v) is 4.02. The van der Waals surface area contributed by atoms with Crippen LogP contribution in [0.4, 0.5) is 57.1 Å². The van der Waals surface area contributed by atoms with Gasteiger partial charge in [0.25, 0.3) is 0 Å². The van der Waals surface area contributed by atoms with Gasteiger partial charge in [-0.25, -0.2) is 30.7 Å². The van der Waals surface area contributed by atoms with Gasteiger partial charge < -0.3 is 0 Å². The number of hydrogen-bond donors (Lipinski definition) is 0. The van der Waals surface area contributed by atoms with Gasteiger partial charge in [-0.1, -0.05) is 0 Å². The third-order valence-electron chi connectivity index (χ3n) is 2.61. The predicted octanol–water partition coefficient (Wildman–Crippen LogP) is 5.01. The number of rotatable bonds is 4. The van der Waals surface area contributed by atoms with Crippen molar-refractivity contribution in [2.45, 2.75) is 24.2 Å². The summed E-state index contributed by atoms with van der Waals surface area (Å²) in [6, 6.07) is 0. The Morgan fingerprint density at radius 3 is 1.17 bits per heavy atom. The molecular formula is C10HF13. The summed E-state index contributed by atoms with van der Waals surface area (Å²) in [5.41, 5.74) is -3.65. The molecule has 0 unspecified atom stereocenters. The highest BCUT2D eigenvalue weighted by atomic mass is 19.4. The smallest absolute Gasteiger partial charge is 0.203 e. The largest absolute Gasteiger partial charge is 0.382 e. The minimum absolute atomic E-state index is 3.04. The molecule has 1 aromatic rings. The van der Waals surface area contributed by atoms with Crippen molar-refractivity contribution in [2.75, 3.05) is 0 Å². The van der Waals surface area contributed by atoms with Crippen LogP contribution in [0.1, 0.15) is 5.56 Å². The zero-order valence-electron chi connectivity index (χ0n) is 9.99. The first-order valence-corrected chi connectivity index (χ1v) is 5.05. The second kappa shape index (κ2) is 5.44. The van der Waals surface area contributed by atoms with Crippen molar-refractivity contribution >= 4 is 0 Å². The Morgan fingerprint density at radius 2 is 0.870 bits per heavy atom. The molecule has 0 atom stereocenters. The maximum atomic E-state index is 13.3. The summed E-state index contributed by atoms with van der Waals surface area (Å²) in [4.78, 5) is 0. The van der Waals surface area contributed by atoms with Gasteiger partial charge in [-0.3, -0.25) is 0 Å². The fourth-order valence-electron chi connectivity index (χ4n) is 1.38. The lowest BCUT2D eigenvalue weighted by Gasteiger charge is -2.32. The lowest BCUT2D eigenvalue weighted by Crippen LogP contribution is -2.56. The van der Waals surface area contributed by atoms with Gasteiger partial charge in [0.05, 0.1) is 0 Å². The zero-order chi connectivity index (χ0) is 18.5. The number of halogens is 13. The highest BCUT2D eigenvalue weighted by Crippen LogP contribution is 2.54. The highest BCUT2D eigenvalue weighted by molar-refractivity contribution is 5.30. The quantitative estimate of drug-likeness (QED) is 0.398. The molecule has 0 fully saturated rings. The molecule has 0 aliphatic rings. The third-order valence-corrected chi connectivity index (χ3v) is 2.61. The minimum Gasteiger partial charge on any atom is -0.203 e. The van der Waals surface area contributed by atoms with E-state index in [1.54, 1.807) is 0 Å². The highest BCUT2D eigenvalue weighted by Gasteiger charge is 2.77. The van der Waals surface area contributed by atoms with E-state index in [2.05, 4.69) is 0 Å². The number of alkyl halides is 8. The molecule has 1 rings (SSSR count). The van der Waals surface area contributed by atoms with Crippen LogP contribution in [0.15, 0.2) is 0 Å². The summed E-state index contributed by atoms with van der Waals surface area (Å²) in [7, 11) is 0. The Kier molecular flexibility index (Phi) is 4.58.